The van der Waals surface area contributed by atoms with Gasteiger partial charge in [-0.2, -0.15) is 9.90 Å². The van der Waals surface area contributed by atoms with E-state index in [1.807, 2.05) is 4.90 Å². The fourth-order valence-electron chi connectivity index (χ4n) is 1.70. The molecule has 76 valence electrons. The number of hydrogen-bond acceptors (Lipinski definition) is 3. The fourth-order valence-corrected chi connectivity index (χ4v) is 1.70. The zero-order valence-corrected chi connectivity index (χ0v) is 8.31. The summed E-state index contributed by atoms with van der Waals surface area (Å²) >= 11 is 0. The summed E-state index contributed by atoms with van der Waals surface area (Å²) in [6, 6.07) is 0. The van der Waals surface area contributed by atoms with Gasteiger partial charge in [0.2, 0.25) is 0 Å². The Balaban J connectivity index is 2.07. The van der Waals surface area contributed by atoms with Crippen LogP contribution >= 0.6 is 0 Å². The van der Waals surface area contributed by atoms with E-state index < -0.39 is 0 Å². The predicted octanol–water partition coefficient (Wildman–Crippen LogP) is 0.441. The monoisotopic (exact) mass is 194 g/mol. The molecule has 0 N–H and O–H groups in total. The third-order valence-electron chi connectivity index (χ3n) is 2.46. The molecule has 0 atom stereocenters. The highest BCUT2D eigenvalue weighted by Crippen LogP contribution is 2.11. The quantitative estimate of drug-likeness (QED) is 0.652. The summed E-state index contributed by atoms with van der Waals surface area (Å²) in [5.41, 5.74) is 0.453. The molecule has 1 fully saturated rings. The maximum absolute atomic E-state index is 11.8. The number of nitrogens with zero attached hydrogens (tertiary/aromatic N) is 4. The van der Waals surface area contributed by atoms with Crippen LogP contribution in [0.3, 0.4) is 0 Å². The molecule has 2 heterocycles. The zero-order valence-electron chi connectivity index (χ0n) is 8.31. The molecule has 1 aliphatic rings. The lowest BCUT2D eigenvalue weighted by Crippen LogP contribution is -2.35. The van der Waals surface area contributed by atoms with Gasteiger partial charge in [0, 0.05) is 20.1 Å². The van der Waals surface area contributed by atoms with Crippen LogP contribution in [0.1, 0.15) is 29.8 Å². The van der Waals surface area contributed by atoms with Crippen molar-refractivity contribution >= 4 is 5.91 Å². The number of likely N-dealkylation sites (tertiary alicyclic amines) is 1. The molecule has 1 amide bonds. The molecule has 0 unspecified atom stereocenters. The summed E-state index contributed by atoms with van der Waals surface area (Å²) in [4.78, 5) is 15.1. The van der Waals surface area contributed by atoms with E-state index in [9.17, 15) is 4.79 Å². The van der Waals surface area contributed by atoms with Gasteiger partial charge in [0.25, 0.3) is 5.91 Å². The molecule has 0 saturated carbocycles. The van der Waals surface area contributed by atoms with Gasteiger partial charge in [0.15, 0.2) is 5.69 Å². The van der Waals surface area contributed by atoms with Gasteiger partial charge in [-0.15, -0.1) is 5.10 Å². The molecular weight excluding hydrogens is 180 g/mol. The first-order chi connectivity index (χ1) is 6.77. The number of rotatable bonds is 1. The van der Waals surface area contributed by atoms with Crippen molar-refractivity contribution in [2.24, 2.45) is 7.05 Å². The third kappa shape index (κ3) is 1.76. The first-order valence-electron chi connectivity index (χ1n) is 4.93. The Hall–Kier alpha value is -1.39. The molecule has 1 aromatic heterocycles. The number of piperidine rings is 1. The van der Waals surface area contributed by atoms with Crippen molar-refractivity contribution < 1.29 is 4.79 Å². The summed E-state index contributed by atoms with van der Waals surface area (Å²) in [6.45, 7) is 1.71. The molecule has 5 heteroatoms. The van der Waals surface area contributed by atoms with E-state index in [0.717, 1.165) is 25.9 Å². The molecule has 5 nitrogen and oxygen atoms in total. The highest BCUT2D eigenvalue weighted by molar-refractivity contribution is 5.91. The van der Waals surface area contributed by atoms with Crippen molar-refractivity contribution in [1.29, 1.82) is 0 Å². The number of hydrogen-bond donors (Lipinski definition) is 0. The maximum Gasteiger partial charge on any atom is 0.276 e. The van der Waals surface area contributed by atoms with E-state index in [1.54, 1.807) is 7.05 Å². The molecular formula is C9H14N4O. The number of carbonyl (C=O) groups is 1. The molecule has 0 bridgehead atoms. The third-order valence-corrected chi connectivity index (χ3v) is 2.46. The number of carbonyl (C=O) groups excluding carboxylic acids is 1. The van der Waals surface area contributed by atoms with Gasteiger partial charge in [-0.3, -0.25) is 4.79 Å². The van der Waals surface area contributed by atoms with Crippen molar-refractivity contribution in [2.45, 2.75) is 19.3 Å². The van der Waals surface area contributed by atoms with Gasteiger partial charge in [0.05, 0.1) is 6.20 Å². The van der Waals surface area contributed by atoms with Crippen LogP contribution < -0.4 is 0 Å². The largest absolute Gasteiger partial charge is 0.337 e. The SMILES string of the molecule is Cn1ncc(C(=O)N2CCCCC2)n1. The summed E-state index contributed by atoms with van der Waals surface area (Å²) in [6.07, 6.45) is 4.96. The van der Waals surface area contributed by atoms with Crippen LogP contribution in [-0.2, 0) is 7.05 Å². The Kier molecular flexibility index (Phi) is 2.47. The summed E-state index contributed by atoms with van der Waals surface area (Å²) < 4.78 is 0. The zero-order chi connectivity index (χ0) is 9.97. The van der Waals surface area contributed by atoms with Crippen molar-refractivity contribution in [3.05, 3.63) is 11.9 Å². The lowest BCUT2D eigenvalue weighted by Gasteiger charge is -2.25. The van der Waals surface area contributed by atoms with Crippen LogP contribution in [0.15, 0.2) is 6.20 Å². The van der Waals surface area contributed by atoms with E-state index in [-0.39, 0.29) is 5.91 Å². The number of aryl methyl sites for hydroxylation is 1. The molecule has 0 spiro atoms. The van der Waals surface area contributed by atoms with E-state index >= 15 is 0 Å². The minimum Gasteiger partial charge on any atom is -0.337 e. The summed E-state index contributed by atoms with van der Waals surface area (Å²) in [7, 11) is 1.72. The van der Waals surface area contributed by atoms with Crippen LogP contribution in [0.25, 0.3) is 0 Å². The molecule has 1 aromatic rings. The van der Waals surface area contributed by atoms with Gasteiger partial charge >= 0.3 is 0 Å². The lowest BCUT2D eigenvalue weighted by molar-refractivity contribution is 0.0717. The number of amides is 1. The lowest BCUT2D eigenvalue weighted by atomic mass is 10.1. The maximum atomic E-state index is 11.8. The standard InChI is InChI=1S/C9H14N4O/c1-12-10-7-8(11-12)9(14)13-5-3-2-4-6-13/h7H,2-6H2,1H3. The van der Waals surface area contributed by atoms with Crippen molar-refractivity contribution in [1.82, 2.24) is 19.9 Å². The molecule has 14 heavy (non-hydrogen) atoms. The average molecular weight is 194 g/mol. The molecule has 2 rings (SSSR count). The second kappa shape index (κ2) is 3.77. The fraction of sp³-hybridized carbons (Fsp3) is 0.667. The first kappa shape index (κ1) is 9.18. The van der Waals surface area contributed by atoms with Gasteiger partial charge in [0.1, 0.15) is 0 Å². The van der Waals surface area contributed by atoms with Crippen molar-refractivity contribution in [3.8, 4) is 0 Å². The Bertz CT molecular complexity index is 327. The van der Waals surface area contributed by atoms with E-state index in [4.69, 9.17) is 0 Å². The molecule has 1 aliphatic heterocycles. The Labute approximate surface area is 82.7 Å². The van der Waals surface area contributed by atoms with Gasteiger partial charge < -0.3 is 4.90 Å². The second-order valence-corrected chi connectivity index (χ2v) is 3.57. The van der Waals surface area contributed by atoms with Gasteiger partial charge in [-0.05, 0) is 19.3 Å². The molecule has 1 saturated heterocycles. The van der Waals surface area contributed by atoms with Crippen molar-refractivity contribution in [3.63, 3.8) is 0 Å². The van der Waals surface area contributed by atoms with Gasteiger partial charge in [-0.25, -0.2) is 0 Å². The van der Waals surface area contributed by atoms with Crippen LogP contribution in [0, 0.1) is 0 Å². The van der Waals surface area contributed by atoms with E-state index in [2.05, 4.69) is 10.2 Å². The normalized spacial score (nSPS) is 17.1. The first-order valence-corrected chi connectivity index (χ1v) is 4.93. The van der Waals surface area contributed by atoms with E-state index in [1.165, 1.54) is 17.4 Å². The molecule has 0 aromatic carbocycles. The smallest absolute Gasteiger partial charge is 0.276 e. The van der Waals surface area contributed by atoms with Crippen molar-refractivity contribution in [2.75, 3.05) is 13.1 Å². The second-order valence-electron chi connectivity index (χ2n) is 3.57. The highest BCUT2D eigenvalue weighted by atomic mass is 16.2. The number of aromatic nitrogens is 3. The Morgan fingerprint density at radius 3 is 2.64 bits per heavy atom. The van der Waals surface area contributed by atoms with Gasteiger partial charge in [-0.1, -0.05) is 0 Å². The Morgan fingerprint density at radius 1 is 1.36 bits per heavy atom. The summed E-state index contributed by atoms with van der Waals surface area (Å²) in [5.74, 6) is 0.0119. The predicted molar refractivity (Wildman–Crippen MR) is 50.8 cm³/mol. The van der Waals surface area contributed by atoms with Crippen LogP contribution in [-0.4, -0.2) is 38.9 Å². The molecule has 0 radical (unpaired) electrons. The Morgan fingerprint density at radius 2 is 2.07 bits per heavy atom. The minimum atomic E-state index is 0.0119. The highest BCUT2D eigenvalue weighted by Gasteiger charge is 2.20. The van der Waals surface area contributed by atoms with Crippen LogP contribution in [0.5, 0.6) is 0 Å². The van der Waals surface area contributed by atoms with E-state index in [0.29, 0.717) is 5.69 Å². The summed E-state index contributed by atoms with van der Waals surface area (Å²) in [5, 5.41) is 7.89. The minimum absolute atomic E-state index is 0.0119. The average Bonchev–Trinajstić information content (AvgIpc) is 2.65. The molecule has 0 aliphatic carbocycles. The van der Waals surface area contributed by atoms with Crippen LogP contribution in [0.2, 0.25) is 0 Å². The topological polar surface area (TPSA) is 51.0 Å². The van der Waals surface area contributed by atoms with Crippen LogP contribution in [0.4, 0.5) is 0 Å².